The Kier molecular flexibility index (Phi) is 8.16. The van der Waals surface area contributed by atoms with Crippen LogP contribution in [-0.4, -0.2) is 107 Å². The van der Waals surface area contributed by atoms with Crippen LogP contribution in [0.5, 0.6) is 0 Å². The van der Waals surface area contributed by atoms with E-state index in [2.05, 4.69) is 11.9 Å². The van der Waals surface area contributed by atoms with Gasteiger partial charge < -0.3 is 44.3 Å². The van der Waals surface area contributed by atoms with Crippen LogP contribution in [0.3, 0.4) is 0 Å². The molecule has 3 N–H and O–H groups in total. The van der Waals surface area contributed by atoms with Crippen molar-refractivity contribution in [2.24, 2.45) is 39.3 Å². The Hall–Kier alpha value is -2.85. The highest BCUT2D eigenvalue weighted by atomic mass is 16.8. The zero-order valence-corrected chi connectivity index (χ0v) is 25.7. The van der Waals surface area contributed by atoms with Gasteiger partial charge in [0.05, 0.1) is 30.9 Å². The fourth-order valence-corrected chi connectivity index (χ4v) is 9.63. The number of ketones is 1. The first-order valence-electron chi connectivity index (χ1n) is 15.8. The molecule has 0 aromatic carbocycles. The van der Waals surface area contributed by atoms with Gasteiger partial charge in [0.25, 0.3) is 6.79 Å². The van der Waals surface area contributed by atoms with Gasteiger partial charge in [0.1, 0.15) is 30.7 Å². The number of hydrogen-bond acceptors (Lipinski definition) is 13. The highest BCUT2D eigenvalue weighted by Crippen LogP contribution is 2.76. The number of aliphatic hydroxyl groups excluding tert-OH is 2. The van der Waals surface area contributed by atoms with E-state index < -0.39 is 82.6 Å². The van der Waals surface area contributed by atoms with E-state index >= 15 is 0 Å². The zero-order chi connectivity index (χ0) is 32.4. The van der Waals surface area contributed by atoms with Crippen LogP contribution in [0, 0.1) is 39.2 Å². The smallest absolute Gasteiger partial charge is 0.308 e. The normalized spacial score (nSPS) is 41.7. The highest BCUT2D eigenvalue weighted by Gasteiger charge is 2.87. The minimum absolute atomic E-state index is 0.0213. The molecule has 7 fully saturated rings. The molecule has 0 amide bonds. The molecule has 0 unspecified atom stereocenters. The molecule has 2 spiro atoms. The van der Waals surface area contributed by atoms with Crippen molar-refractivity contribution in [1.82, 2.24) is 5.01 Å². The SMILES string of the molecule is C=C1C(=O)[C@]23[C@H](OC(=O)CCCC(=O)OCO/N=[N+](\[O-])N4CCOCC4)[C@H]1CC[C@H]2[C@@]12CO[C@@]3(O)[C@@H](O)[C@@H]1C(C)(C)CC[C@@H]2O. The maximum Gasteiger partial charge on any atom is 0.308 e. The summed E-state index contributed by atoms with van der Waals surface area (Å²) in [5.41, 5.74) is -3.08. The Balaban J connectivity index is 1.11. The van der Waals surface area contributed by atoms with Crippen LogP contribution in [0.4, 0.5) is 0 Å². The molecule has 3 aliphatic heterocycles. The van der Waals surface area contributed by atoms with Gasteiger partial charge in [-0.15, -0.1) is 5.01 Å². The number of hydrazine groups is 1. The largest absolute Gasteiger partial charge is 0.569 e. The summed E-state index contributed by atoms with van der Waals surface area (Å²) in [5.74, 6) is -5.95. The molecule has 3 heterocycles. The van der Waals surface area contributed by atoms with Gasteiger partial charge in [0, 0.05) is 30.1 Å². The maximum atomic E-state index is 14.1. The molecule has 4 saturated carbocycles. The second kappa shape index (κ2) is 11.4. The fraction of sp³-hybridized carbons (Fsp3) is 0.833. The van der Waals surface area contributed by atoms with Crippen LogP contribution in [0.1, 0.15) is 58.8 Å². The summed E-state index contributed by atoms with van der Waals surface area (Å²) in [7, 11) is 0. The van der Waals surface area contributed by atoms with Crippen molar-refractivity contribution >= 4 is 17.7 Å². The number of esters is 2. The van der Waals surface area contributed by atoms with E-state index in [9.17, 15) is 34.9 Å². The Morgan fingerprint density at radius 2 is 1.87 bits per heavy atom. The van der Waals surface area contributed by atoms with Crippen LogP contribution in [0.15, 0.2) is 17.4 Å². The summed E-state index contributed by atoms with van der Waals surface area (Å²) in [6.45, 7) is 8.88. The molecule has 4 aliphatic carbocycles. The van der Waals surface area contributed by atoms with Gasteiger partial charge in [-0.05, 0) is 49.0 Å². The average Bonchev–Trinajstić information content (AvgIpc) is 3.12. The molecule has 0 radical (unpaired) electrons. The zero-order valence-electron chi connectivity index (χ0n) is 25.7. The van der Waals surface area contributed by atoms with E-state index in [0.717, 1.165) is 0 Å². The summed E-state index contributed by atoms with van der Waals surface area (Å²) >= 11 is 0. The monoisotopic (exact) mass is 637 g/mol. The molecule has 0 aromatic rings. The number of carbonyl (C=O) groups excluding carboxylic acids is 3. The number of fused-ring (bicyclic) bond motifs is 2. The molecule has 15 heteroatoms. The first-order valence-corrected chi connectivity index (χ1v) is 15.8. The van der Waals surface area contributed by atoms with Crippen LogP contribution >= 0.6 is 0 Å². The van der Waals surface area contributed by atoms with Gasteiger partial charge >= 0.3 is 11.9 Å². The quantitative estimate of drug-likeness (QED) is 0.0609. The molecular weight excluding hydrogens is 594 g/mol. The lowest BCUT2D eigenvalue weighted by Gasteiger charge is -2.74. The molecule has 250 valence electrons. The van der Waals surface area contributed by atoms with Crippen molar-refractivity contribution in [3.8, 4) is 0 Å². The van der Waals surface area contributed by atoms with Gasteiger partial charge in [0.15, 0.2) is 5.78 Å². The number of Topliss-reactive ketones (excluding diaryl/α,β-unsaturated/α-hetero) is 1. The van der Waals surface area contributed by atoms with Crippen LogP contribution in [0.25, 0.3) is 0 Å². The van der Waals surface area contributed by atoms with Crippen molar-refractivity contribution < 1.29 is 58.5 Å². The first-order chi connectivity index (χ1) is 21.3. The van der Waals surface area contributed by atoms with Crippen LogP contribution in [-0.2, 0) is 38.2 Å². The number of ether oxygens (including phenoxy) is 4. The standard InChI is InChI=1S/C30H43N3O12/c1-17-18-7-8-19-28-15-43-30(39,25(38)23(28)27(2,3)10-9-20(28)34)29(19,24(17)37)26(18)45-22(36)6-4-5-21(35)42-16-44-31-33(40)32-11-13-41-14-12-32/h18-20,23,25-26,34,38-39H,1,4-16H2,2-3H3/b33-31-/t18-,19-,20-,23+,25-,26+,28+,29-,30-/m0/s1. The molecule has 7 rings (SSSR count). The topological polar surface area (TPSA) is 200 Å². The maximum absolute atomic E-state index is 14.1. The number of rotatable bonds is 9. The Bertz CT molecular complexity index is 1270. The number of carbonyl (C=O) groups is 3. The van der Waals surface area contributed by atoms with E-state index in [1.54, 1.807) is 0 Å². The van der Waals surface area contributed by atoms with Gasteiger partial charge in [-0.3, -0.25) is 14.4 Å². The summed E-state index contributed by atoms with van der Waals surface area (Å²) in [5, 5.41) is 52.1. The summed E-state index contributed by atoms with van der Waals surface area (Å²) in [6.07, 6.45) is -1.82. The lowest BCUT2D eigenvalue weighted by atomic mass is 9.35. The molecule has 7 aliphatic rings. The minimum atomic E-state index is -2.34. The van der Waals surface area contributed by atoms with Crippen LogP contribution < -0.4 is 0 Å². The highest BCUT2D eigenvalue weighted by molar-refractivity contribution is 6.05. The summed E-state index contributed by atoms with van der Waals surface area (Å²) < 4.78 is 22.1. The third-order valence-electron chi connectivity index (χ3n) is 11.5. The van der Waals surface area contributed by atoms with E-state index in [0.29, 0.717) is 52.0 Å². The summed E-state index contributed by atoms with van der Waals surface area (Å²) in [6, 6.07) is 0. The fourth-order valence-electron chi connectivity index (χ4n) is 9.63. The lowest BCUT2D eigenvalue weighted by Crippen LogP contribution is -2.85. The lowest BCUT2D eigenvalue weighted by molar-refractivity contribution is -0.715. The second-order valence-electron chi connectivity index (χ2n) is 14.0. The number of aliphatic hydroxyl groups is 3. The minimum Gasteiger partial charge on any atom is -0.569 e. The molecule has 4 bridgehead atoms. The Morgan fingerprint density at radius 3 is 2.60 bits per heavy atom. The van der Waals surface area contributed by atoms with E-state index in [-0.39, 0.29) is 36.4 Å². The van der Waals surface area contributed by atoms with Gasteiger partial charge in [-0.1, -0.05) is 20.4 Å². The van der Waals surface area contributed by atoms with E-state index in [1.807, 2.05) is 13.8 Å². The van der Waals surface area contributed by atoms with E-state index in [1.165, 1.54) is 5.01 Å². The van der Waals surface area contributed by atoms with Crippen molar-refractivity contribution in [3.63, 3.8) is 0 Å². The predicted octanol–water partition coefficient (Wildman–Crippen LogP) is 0.739. The third-order valence-corrected chi connectivity index (χ3v) is 11.5. The van der Waals surface area contributed by atoms with Crippen molar-refractivity contribution in [2.45, 2.75) is 82.9 Å². The van der Waals surface area contributed by atoms with Crippen molar-refractivity contribution in [2.75, 3.05) is 39.7 Å². The van der Waals surface area contributed by atoms with Gasteiger partial charge in [-0.25, -0.2) is 0 Å². The second-order valence-corrected chi connectivity index (χ2v) is 14.0. The van der Waals surface area contributed by atoms with E-state index in [4.69, 9.17) is 23.8 Å². The molecule has 9 atom stereocenters. The number of nitrogens with zero attached hydrogens (tertiary/aromatic N) is 3. The average molecular weight is 638 g/mol. The van der Waals surface area contributed by atoms with Crippen molar-refractivity contribution in [3.05, 3.63) is 17.4 Å². The predicted molar refractivity (Wildman–Crippen MR) is 149 cm³/mol. The van der Waals surface area contributed by atoms with Crippen LogP contribution in [0.2, 0.25) is 0 Å². The molecule has 3 saturated heterocycles. The Labute approximate surface area is 260 Å². The van der Waals surface area contributed by atoms with Gasteiger partial charge in [0.2, 0.25) is 11.1 Å². The molecule has 45 heavy (non-hydrogen) atoms. The molecular formula is C30H43N3O12. The molecule has 0 aromatic heterocycles. The summed E-state index contributed by atoms with van der Waals surface area (Å²) in [4.78, 5) is 44.5. The molecule has 15 nitrogen and oxygen atoms in total. The first kappa shape index (κ1) is 32.1. The van der Waals surface area contributed by atoms with Gasteiger partial charge in [-0.2, -0.15) is 0 Å². The number of morpholine rings is 1. The Morgan fingerprint density at radius 1 is 1.16 bits per heavy atom. The third kappa shape index (κ3) is 4.60. The number of hydrogen-bond donors (Lipinski definition) is 3. The van der Waals surface area contributed by atoms with Crippen molar-refractivity contribution in [1.29, 1.82) is 0 Å².